The van der Waals surface area contributed by atoms with Gasteiger partial charge in [-0.3, -0.25) is 28.9 Å². The highest BCUT2D eigenvalue weighted by molar-refractivity contribution is 6.31. The number of hydrogen-bond donors (Lipinski definition) is 2. The normalized spacial score (nSPS) is 28.2. The number of carboxylic acid groups (broad SMARTS) is 1. The summed E-state index contributed by atoms with van der Waals surface area (Å²) < 4.78 is 5.78. The standard InChI is InChI=1S/C38H33NO8/c1-47-29-14-8-13-28(40)33(29)34-23-15-16-24-32(37(46)39(36(24)45)18-17-31(42)43)26(23)19-27-35(44)25(21-9-4-2-5-10-21)20-30(41)38(27,34)22-11-6-3-7-12-22/h2-15,20,24,26-27,32,34,40H,16-19H2,1H3,(H,42,43). The van der Waals surface area contributed by atoms with Crippen LogP contribution < -0.4 is 4.74 Å². The fourth-order valence-electron chi connectivity index (χ4n) is 8.68. The van der Waals surface area contributed by atoms with Crippen molar-refractivity contribution in [2.24, 2.45) is 23.7 Å². The Hall–Kier alpha value is -5.31. The van der Waals surface area contributed by atoms with E-state index < -0.39 is 52.8 Å². The largest absolute Gasteiger partial charge is 0.508 e. The number of carbonyl (C=O) groups is 5. The highest BCUT2D eigenvalue weighted by atomic mass is 16.5. The predicted molar refractivity (Wildman–Crippen MR) is 170 cm³/mol. The summed E-state index contributed by atoms with van der Waals surface area (Å²) in [7, 11) is 1.47. The summed E-state index contributed by atoms with van der Waals surface area (Å²) in [4.78, 5) is 69.9. The monoisotopic (exact) mass is 631 g/mol. The fourth-order valence-corrected chi connectivity index (χ4v) is 8.68. The van der Waals surface area contributed by atoms with Crippen LogP contribution in [0.15, 0.2) is 96.6 Å². The third-order valence-corrected chi connectivity index (χ3v) is 10.6. The lowest BCUT2D eigenvalue weighted by molar-refractivity contribution is -0.142. The molecular weight excluding hydrogens is 598 g/mol. The number of ketones is 2. The Morgan fingerprint density at radius 3 is 2.30 bits per heavy atom. The minimum absolute atomic E-state index is 0.106. The summed E-state index contributed by atoms with van der Waals surface area (Å²) in [5.41, 5.74) is 0.971. The molecule has 1 aliphatic heterocycles. The number of imide groups is 1. The van der Waals surface area contributed by atoms with E-state index in [0.717, 1.165) is 4.90 Å². The van der Waals surface area contributed by atoms with Crippen molar-refractivity contribution < 1.29 is 38.9 Å². The average molecular weight is 632 g/mol. The first-order valence-corrected chi connectivity index (χ1v) is 15.7. The van der Waals surface area contributed by atoms with Crippen molar-refractivity contribution in [2.75, 3.05) is 13.7 Å². The van der Waals surface area contributed by atoms with E-state index >= 15 is 4.79 Å². The number of carbonyl (C=O) groups excluding carboxylic acids is 4. The highest BCUT2D eigenvalue weighted by Crippen LogP contribution is 2.65. The number of aliphatic carboxylic acids is 1. The van der Waals surface area contributed by atoms with Crippen molar-refractivity contribution in [3.63, 3.8) is 0 Å². The van der Waals surface area contributed by atoms with Gasteiger partial charge in [0, 0.05) is 29.5 Å². The van der Waals surface area contributed by atoms with Crippen molar-refractivity contribution in [3.05, 3.63) is 113 Å². The van der Waals surface area contributed by atoms with Crippen LogP contribution in [0.1, 0.15) is 41.9 Å². The minimum atomic E-state index is -1.51. The van der Waals surface area contributed by atoms with Gasteiger partial charge >= 0.3 is 5.97 Å². The maximum Gasteiger partial charge on any atom is 0.305 e. The van der Waals surface area contributed by atoms with Crippen molar-refractivity contribution >= 4 is 34.9 Å². The molecule has 6 unspecified atom stereocenters. The van der Waals surface area contributed by atoms with Crippen molar-refractivity contribution in [1.82, 2.24) is 4.90 Å². The number of nitrogens with zero attached hydrogens (tertiary/aromatic N) is 1. The Morgan fingerprint density at radius 2 is 1.62 bits per heavy atom. The van der Waals surface area contributed by atoms with Gasteiger partial charge in [-0.15, -0.1) is 0 Å². The van der Waals surface area contributed by atoms with E-state index in [0.29, 0.717) is 28.0 Å². The smallest absolute Gasteiger partial charge is 0.305 e. The van der Waals surface area contributed by atoms with Gasteiger partial charge in [-0.25, -0.2) is 0 Å². The molecule has 9 heteroatoms. The second kappa shape index (κ2) is 11.5. The summed E-state index contributed by atoms with van der Waals surface area (Å²) in [6.07, 6.45) is 3.24. The minimum Gasteiger partial charge on any atom is -0.508 e. The molecule has 3 aliphatic carbocycles. The molecule has 0 aromatic heterocycles. The summed E-state index contributed by atoms with van der Waals surface area (Å²) in [6.45, 7) is -0.242. The molecule has 1 saturated heterocycles. The van der Waals surface area contributed by atoms with Crippen LogP contribution in [-0.2, 0) is 29.4 Å². The van der Waals surface area contributed by atoms with Gasteiger partial charge in [0.05, 0.1) is 30.8 Å². The third kappa shape index (κ3) is 4.47. The first-order chi connectivity index (χ1) is 22.7. The van der Waals surface area contributed by atoms with E-state index in [1.165, 1.54) is 19.3 Å². The van der Waals surface area contributed by atoms with Crippen LogP contribution in [0, 0.1) is 23.7 Å². The number of amides is 2. The van der Waals surface area contributed by atoms with E-state index in [1.54, 1.807) is 36.4 Å². The molecule has 47 heavy (non-hydrogen) atoms. The van der Waals surface area contributed by atoms with Crippen LogP contribution >= 0.6 is 0 Å². The summed E-state index contributed by atoms with van der Waals surface area (Å²) in [6, 6.07) is 22.9. The fraction of sp³-hybridized carbons (Fsp3) is 0.289. The molecule has 238 valence electrons. The molecule has 1 saturated carbocycles. The number of ether oxygens (including phenoxy) is 1. The molecule has 4 aliphatic rings. The van der Waals surface area contributed by atoms with Crippen LogP contribution in [0.25, 0.3) is 5.57 Å². The molecule has 9 nitrogen and oxygen atoms in total. The van der Waals surface area contributed by atoms with E-state index in [2.05, 4.69) is 0 Å². The van der Waals surface area contributed by atoms with Gasteiger partial charge < -0.3 is 14.9 Å². The van der Waals surface area contributed by atoms with Crippen LogP contribution in [0.3, 0.4) is 0 Å². The topological polar surface area (TPSA) is 138 Å². The van der Waals surface area contributed by atoms with Crippen molar-refractivity contribution in [3.8, 4) is 11.5 Å². The quantitative estimate of drug-likeness (QED) is 0.283. The maximum atomic E-state index is 15.0. The molecule has 2 N–H and O–H groups in total. The van der Waals surface area contributed by atoms with Gasteiger partial charge in [-0.05, 0) is 48.1 Å². The Labute approximate surface area is 271 Å². The maximum absolute atomic E-state index is 15.0. The molecule has 3 aromatic carbocycles. The number of fused-ring (bicyclic) bond motifs is 4. The SMILES string of the molecule is COc1cccc(O)c1C1C2=CCC3C(=O)N(CCC(=O)O)C(=O)C3C2CC2C(=O)C(c3ccccc3)=CC(=O)C21c1ccccc1. The molecule has 0 radical (unpaired) electrons. The zero-order valence-electron chi connectivity index (χ0n) is 25.7. The van der Waals surface area contributed by atoms with Crippen LogP contribution in [0.2, 0.25) is 0 Å². The van der Waals surface area contributed by atoms with E-state index in [-0.39, 0.29) is 48.7 Å². The molecular formula is C38H33NO8. The first kappa shape index (κ1) is 30.3. The number of allylic oxidation sites excluding steroid dienone is 4. The van der Waals surface area contributed by atoms with Crippen molar-refractivity contribution in [1.29, 1.82) is 0 Å². The van der Waals surface area contributed by atoms with Gasteiger partial charge in [0.15, 0.2) is 11.6 Å². The molecule has 2 fully saturated rings. The lowest BCUT2D eigenvalue weighted by atomic mass is 9.44. The Bertz CT molecular complexity index is 1880. The lowest BCUT2D eigenvalue weighted by Crippen LogP contribution is -2.58. The molecule has 2 amide bonds. The third-order valence-electron chi connectivity index (χ3n) is 10.6. The molecule has 0 bridgehead atoms. The number of aromatic hydroxyl groups is 1. The van der Waals surface area contributed by atoms with Crippen molar-refractivity contribution in [2.45, 2.75) is 30.6 Å². The number of Topliss-reactive ketones (excluding diaryl/α,β-unsaturated/α-hetero) is 1. The predicted octanol–water partition coefficient (Wildman–Crippen LogP) is 4.70. The second-order valence-corrected chi connectivity index (χ2v) is 12.7. The highest BCUT2D eigenvalue weighted by Gasteiger charge is 2.66. The molecule has 3 aromatic rings. The number of carboxylic acids is 1. The second-order valence-electron chi connectivity index (χ2n) is 12.7. The summed E-state index contributed by atoms with van der Waals surface area (Å²) in [5.74, 6) is -6.49. The number of phenols is 1. The number of methoxy groups -OCH3 is 1. The van der Waals surface area contributed by atoms with Gasteiger partial charge in [0.2, 0.25) is 11.8 Å². The number of likely N-dealkylation sites (tertiary alicyclic amines) is 1. The van der Waals surface area contributed by atoms with Gasteiger partial charge in [0.1, 0.15) is 11.5 Å². The molecule has 1 heterocycles. The van der Waals surface area contributed by atoms with Gasteiger partial charge in [-0.2, -0.15) is 0 Å². The van der Waals surface area contributed by atoms with Crippen LogP contribution in [-0.4, -0.2) is 58.1 Å². The summed E-state index contributed by atoms with van der Waals surface area (Å²) >= 11 is 0. The number of phenolic OH excluding ortho intramolecular Hbond substituents is 1. The van der Waals surface area contributed by atoms with Gasteiger partial charge in [-0.1, -0.05) is 78.4 Å². The number of benzene rings is 3. The Kier molecular flexibility index (Phi) is 7.42. The summed E-state index contributed by atoms with van der Waals surface area (Å²) in [5, 5.41) is 20.8. The zero-order valence-corrected chi connectivity index (χ0v) is 25.7. The average Bonchev–Trinajstić information content (AvgIpc) is 3.33. The molecule has 0 spiro atoms. The lowest BCUT2D eigenvalue weighted by Gasteiger charge is -2.55. The Balaban J connectivity index is 1.50. The van der Waals surface area contributed by atoms with E-state index in [9.17, 15) is 29.4 Å². The van der Waals surface area contributed by atoms with E-state index in [4.69, 9.17) is 4.74 Å². The van der Waals surface area contributed by atoms with Gasteiger partial charge in [0.25, 0.3) is 0 Å². The Morgan fingerprint density at radius 1 is 0.915 bits per heavy atom. The molecule has 7 rings (SSSR count). The zero-order chi connectivity index (χ0) is 33.0. The first-order valence-electron chi connectivity index (χ1n) is 15.7. The van der Waals surface area contributed by atoms with Crippen LogP contribution in [0.4, 0.5) is 0 Å². The van der Waals surface area contributed by atoms with E-state index in [1.807, 2.05) is 42.5 Å². The number of hydrogen-bond acceptors (Lipinski definition) is 7. The van der Waals surface area contributed by atoms with Crippen LogP contribution in [0.5, 0.6) is 11.5 Å². The molecule has 6 atom stereocenters. The number of rotatable bonds is 7.